The molecule has 3 amide bonds. The molecule has 0 aliphatic carbocycles. The van der Waals surface area contributed by atoms with E-state index in [-0.39, 0.29) is 29.5 Å². The number of piperidine rings is 2. The molecule has 14 nitrogen and oxygen atoms in total. The average molecular weight is 813 g/mol. The summed E-state index contributed by atoms with van der Waals surface area (Å²) in [6.07, 6.45) is 5.09. The SMILES string of the molecule is CN(c1cccc(C2CCN(CC(=O)N3CCN(Cc4cccc(N5[C@@H]6CC[C@H]5CN(c5cc(-c7ccccc7O)nnc5N)C6)c4)CC3)CC2)c1)C1CCC(=O)NC1=O. The first kappa shape index (κ1) is 39.7. The smallest absolute Gasteiger partial charge is 0.249 e. The Labute approximate surface area is 351 Å². The number of nitrogens with zero attached hydrogens (tertiary/aromatic N) is 8. The van der Waals surface area contributed by atoms with Crippen LogP contribution in [0.15, 0.2) is 78.9 Å². The number of nitrogen functional groups attached to an aromatic ring is 1. The molecule has 2 bridgehead atoms. The molecule has 14 heteroatoms. The van der Waals surface area contributed by atoms with Gasteiger partial charge < -0.3 is 30.4 Å². The molecule has 0 radical (unpaired) electrons. The number of benzene rings is 3. The summed E-state index contributed by atoms with van der Waals surface area (Å²) in [4.78, 5) is 51.4. The number of hydrogen-bond donors (Lipinski definition) is 3. The fraction of sp³-hybridized carbons (Fsp3) is 0.457. The fourth-order valence-corrected chi connectivity index (χ4v) is 10.2. The van der Waals surface area contributed by atoms with E-state index in [1.54, 1.807) is 12.1 Å². The Bertz CT molecular complexity index is 2210. The second-order valence-electron chi connectivity index (χ2n) is 17.3. The minimum atomic E-state index is -0.347. The number of nitrogens with one attached hydrogen (secondary N) is 1. The third-order valence-corrected chi connectivity index (χ3v) is 13.5. The number of phenolic OH excluding ortho intramolecular Hbond substituents is 1. The number of aromatic hydroxyl groups is 1. The van der Waals surface area contributed by atoms with Crippen molar-refractivity contribution in [1.82, 2.24) is 30.2 Å². The van der Waals surface area contributed by atoms with Gasteiger partial charge in [-0.25, -0.2) is 0 Å². The Balaban J connectivity index is 0.741. The van der Waals surface area contributed by atoms with Crippen LogP contribution in [0.5, 0.6) is 5.75 Å². The predicted octanol–water partition coefficient (Wildman–Crippen LogP) is 4.05. The van der Waals surface area contributed by atoms with Gasteiger partial charge in [-0.3, -0.25) is 29.5 Å². The highest BCUT2D eigenvalue weighted by molar-refractivity contribution is 6.01. The van der Waals surface area contributed by atoms with Gasteiger partial charge in [0, 0.05) is 88.3 Å². The van der Waals surface area contributed by atoms with Crippen molar-refractivity contribution in [2.45, 2.75) is 69.1 Å². The number of imide groups is 1. The summed E-state index contributed by atoms with van der Waals surface area (Å²) in [6.45, 7) is 7.96. The van der Waals surface area contributed by atoms with Gasteiger partial charge in [-0.1, -0.05) is 36.4 Å². The number of fused-ring (bicyclic) bond motifs is 2. The topological polar surface area (TPSA) is 155 Å². The largest absolute Gasteiger partial charge is 0.507 e. The van der Waals surface area contributed by atoms with Crippen LogP contribution in [0.2, 0.25) is 0 Å². The van der Waals surface area contributed by atoms with E-state index in [1.165, 1.54) is 16.8 Å². The van der Waals surface area contributed by atoms with Crippen LogP contribution >= 0.6 is 0 Å². The van der Waals surface area contributed by atoms with Gasteiger partial charge in [-0.05, 0) is 105 Å². The summed E-state index contributed by atoms with van der Waals surface area (Å²) in [5.41, 5.74) is 13.3. The molecule has 3 aromatic carbocycles. The van der Waals surface area contributed by atoms with Crippen LogP contribution in [0.3, 0.4) is 0 Å². The molecule has 5 fully saturated rings. The number of anilines is 4. The monoisotopic (exact) mass is 812 g/mol. The zero-order chi connectivity index (χ0) is 41.3. The lowest BCUT2D eigenvalue weighted by molar-refractivity contribution is -0.135. The molecule has 5 saturated heterocycles. The molecular weight excluding hydrogens is 757 g/mol. The van der Waals surface area contributed by atoms with Gasteiger partial charge in [0.15, 0.2) is 5.82 Å². The van der Waals surface area contributed by atoms with Crippen molar-refractivity contribution < 1.29 is 19.5 Å². The number of piperazine rings is 2. The Kier molecular flexibility index (Phi) is 11.3. The summed E-state index contributed by atoms with van der Waals surface area (Å²) in [5, 5.41) is 21.5. The first-order valence-corrected chi connectivity index (χ1v) is 21.6. The molecular formula is C46H56N10O4. The van der Waals surface area contributed by atoms with E-state index in [4.69, 9.17) is 5.73 Å². The van der Waals surface area contributed by atoms with E-state index in [1.807, 2.05) is 41.1 Å². The average Bonchev–Trinajstić information content (AvgIpc) is 3.53. The Hall–Kier alpha value is -5.73. The van der Waals surface area contributed by atoms with Crippen molar-refractivity contribution in [3.63, 3.8) is 0 Å². The van der Waals surface area contributed by atoms with E-state index in [9.17, 15) is 19.5 Å². The van der Waals surface area contributed by atoms with Gasteiger partial charge in [0.1, 0.15) is 11.8 Å². The molecule has 5 aliphatic heterocycles. The lowest BCUT2D eigenvalue weighted by atomic mass is 9.89. The fourth-order valence-electron chi connectivity index (χ4n) is 10.2. The van der Waals surface area contributed by atoms with Crippen LogP contribution < -0.4 is 25.8 Å². The number of carbonyl (C=O) groups excluding carboxylic acids is 3. The number of hydrogen-bond acceptors (Lipinski definition) is 12. The Morgan fingerprint density at radius 3 is 2.33 bits per heavy atom. The molecule has 3 atom stereocenters. The third kappa shape index (κ3) is 8.35. The Morgan fingerprint density at radius 1 is 0.833 bits per heavy atom. The number of phenols is 1. The predicted molar refractivity (Wildman–Crippen MR) is 233 cm³/mol. The summed E-state index contributed by atoms with van der Waals surface area (Å²) >= 11 is 0. The van der Waals surface area contributed by atoms with Crippen LogP contribution in [0.25, 0.3) is 11.3 Å². The van der Waals surface area contributed by atoms with Crippen molar-refractivity contribution in [1.29, 1.82) is 0 Å². The molecule has 9 rings (SSSR count). The zero-order valence-electron chi connectivity index (χ0n) is 34.5. The lowest BCUT2D eigenvalue weighted by Crippen LogP contribution is -2.54. The van der Waals surface area contributed by atoms with Crippen molar-refractivity contribution in [3.05, 3.63) is 90.0 Å². The highest BCUT2D eigenvalue weighted by Crippen LogP contribution is 2.39. The van der Waals surface area contributed by atoms with Crippen LogP contribution in [-0.2, 0) is 20.9 Å². The molecule has 0 spiro atoms. The standard InChI is InChI=1S/C46H56N10O4/c1-51(40-14-15-43(58)48-46(40)60)34-8-5-7-33(25-34)32-16-18-52(19-17-32)30-44(59)54-22-20-53(21-23-54)27-31-6-4-9-35(24-31)56-36-12-13-37(56)29-55(28-36)41-26-39(49-50-45(41)47)38-10-2-3-11-42(38)57/h2-11,24-26,32,36-37,40,57H,12-23,27-30H2,1H3,(H2,47,50)(H,48,58,60)/t36-,37+,40?. The first-order chi connectivity index (χ1) is 29.2. The van der Waals surface area contributed by atoms with Crippen molar-refractivity contribution in [2.24, 2.45) is 0 Å². The molecule has 1 unspecified atom stereocenters. The van der Waals surface area contributed by atoms with Crippen molar-refractivity contribution >= 4 is 40.6 Å². The molecule has 314 valence electrons. The van der Waals surface area contributed by atoms with Crippen molar-refractivity contribution in [2.75, 3.05) is 86.4 Å². The van der Waals surface area contributed by atoms with Gasteiger partial charge in [-0.15, -0.1) is 10.2 Å². The molecule has 4 aromatic rings. The number of para-hydroxylation sites is 1. The third-order valence-electron chi connectivity index (χ3n) is 13.5. The molecule has 5 aliphatic rings. The number of amides is 3. The molecule has 60 heavy (non-hydrogen) atoms. The van der Waals surface area contributed by atoms with Crippen LogP contribution in [0, 0.1) is 0 Å². The molecule has 1 aromatic heterocycles. The number of carbonyl (C=O) groups is 3. The molecule has 0 saturated carbocycles. The maximum absolute atomic E-state index is 13.5. The second kappa shape index (κ2) is 17.1. The normalized spacial score (nSPS) is 22.9. The van der Waals surface area contributed by atoms with Gasteiger partial charge in [0.25, 0.3) is 0 Å². The van der Waals surface area contributed by atoms with Gasteiger partial charge in [0.05, 0.1) is 17.9 Å². The first-order valence-electron chi connectivity index (χ1n) is 21.6. The summed E-state index contributed by atoms with van der Waals surface area (Å²) in [7, 11) is 1.93. The second-order valence-corrected chi connectivity index (χ2v) is 17.3. The highest BCUT2D eigenvalue weighted by atomic mass is 16.3. The lowest BCUT2D eigenvalue weighted by Gasteiger charge is -2.43. The van der Waals surface area contributed by atoms with Crippen molar-refractivity contribution in [3.8, 4) is 17.0 Å². The van der Waals surface area contributed by atoms with Gasteiger partial charge >= 0.3 is 0 Å². The summed E-state index contributed by atoms with van der Waals surface area (Å²) in [6, 6.07) is 26.9. The van der Waals surface area contributed by atoms with E-state index in [0.29, 0.717) is 54.5 Å². The summed E-state index contributed by atoms with van der Waals surface area (Å²) < 4.78 is 0. The number of aromatic nitrogens is 2. The number of nitrogens with two attached hydrogens (primary N) is 1. The maximum Gasteiger partial charge on any atom is 0.249 e. The van der Waals surface area contributed by atoms with E-state index in [0.717, 1.165) is 96.0 Å². The van der Waals surface area contributed by atoms with Gasteiger partial charge in [-0.2, -0.15) is 0 Å². The number of likely N-dealkylation sites (tertiary alicyclic amines) is 1. The minimum Gasteiger partial charge on any atom is -0.507 e. The van der Waals surface area contributed by atoms with E-state index >= 15 is 0 Å². The highest BCUT2D eigenvalue weighted by Gasteiger charge is 2.41. The minimum absolute atomic E-state index is 0.172. The maximum atomic E-state index is 13.5. The zero-order valence-corrected chi connectivity index (χ0v) is 34.5. The van der Waals surface area contributed by atoms with Crippen LogP contribution in [0.1, 0.15) is 55.6 Å². The van der Waals surface area contributed by atoms with E-state index < -0.39 is 0 Å². The quantitative estimate of drug-likeness (QED) is 0.198. The molecule has 4 N–H and O–H groups in total. The van der Waals surface area contributed by atoms with Gasteiger partial charge in [0.2, 0.25) is 17.7 Å². The van der Waals surface area contributed by atoms with Crippen LogP contribution in [-0.4, -0.2) is 132 Å². The Morgan fingerprint density at radius 2 is 1.58 bits per heavy atom. The summed E-state index contributed by atoms with van der Waals surface area (Å²) in [5.74, 6) is 0.772. The number of likely N-dealkylation sites (N-methyl/N-ethyl adjacent to an activating group) is 1. The molecule has 6 heterocycles. The van der Waals surface area contributed by atoms with Crippen LogP contribution in [0.4, 0.5) is 22.9 Å². The number of rotatable bonds is 10. The van der Waals surface area contributed by atoms with E-state index in [2.05, 4.69) is 77.6 Å².